The summed E-state index contributed by atoms with van der Waals surface area (Å²) in [5.74, 6) is -2.05. The molecule has 14 nitrogen and oxygen atoms in total. The fraction of sp³-hybridized carbons (Fsp3) is 0.0976. The van der Waals surface area contributed by atoms with Crippen LogP contribution in [0.3, 0.4) is 0 Å². The van der Waals surface area contributed by atoms with Gasteiger partial charge in [0, 0.05) is 13.8 Å². The highest BCUT2D eigenvalue weighted by Crippen LogP contribution is 2.16. The topological polar surface area (TPSA) is 217 Å². The molecule has 0 saturated carbocycles. The number of carbonyl (C=O) groups is 2. The first-order valence-corrected chi connectivity index (χ1v) is 16.7. The van der Waals surface area contributed by atoms with Crippen LogP contribution >= 0.6 is 15.9 Å². The van der Waals surface area contributed by atoms with Crippen molar-refractivity contribution in [1.29, 1.82) is 0 Å². The highest BCUT2D eigenvalue weighted by Gasteiger charge is 2.09. The van der Waals surface area contributed by atoms with E-state index in [1.165, 1.54) is 94.8 Å². The van der Waals surface area contributed by atoms with Gasteiger partial charge in [0.25, 0.3) is 5.43 Å². The average Bonchev–Trinajstić information content (AvgIpc) is 3.68. The monoisotopic (exact) mass is 832 g/mol. The van der Waals surface area contributed by atoms with Crippen molar-refractivity contribution in [2.75, 3.05) is 14.2 Å². The molecule has 15 heteroatoms. The predicted molar refractivity (Wildman–Crippen MR) is 212 cm³/mol. The lowest BCUT2D eigenvalue weighted by Gasteiger charge is -1.99. The second kappa shape index (κ2) is 25.8. The normalized spacial score (nSPS) is 9.16. The van der Waals surface area contributed by atoms with E-state index in [2.05, 4.69) is 25.4 Å². The Balaban J connectivity index is 0.000000356. The molecule has 3 N–H and O–H groups in total. The number of halogens is 1. The van der Waals surface area contributed by atoms with E-state index in [-0.39, 0.29) is 33.5 Å². The molecule has 292 valence electrons. The summed E-state index contributed by atoms with van der Waals surface area (Å²) in [7, 11) is 2.96. The summed E-state index contributed by atoms with van der Waals surface area (Å²) >= 11 is 3.12. The summed E-state index contributed by atoms with van der Waals surface area (Å²) in [4.78, 5) is 76.5. The summed E-state index contributed by atoms with van der Waals surface area (Å²) in [6, 6.07) is 33.8. The SMILES string of the molecule is CC(=O)Oc1ccccc(OC(C)=O)c1=O.COc1ccccc(Br)c1=O.COc1cccccc1=O.O=c1ccccc(O)c1O.O=c1cccccc1O. The van der Waals surface area contributed by atoms with Crippen LogP contribution in [0.4, 0.5) is 0 Å². The molecule has 0 radical (unpaired) electrons. The summed E-state index contributed by atoms with van der Waals surface area (Å²) in [6.07, 6.45) is 0. The van der Waals surface area contributed by atoms with Crippen LogP contribution in [0.25, 0.3) is 0 Å². The first-order chi connectivity index (χ1) is 26.6. The zero-order valence-electron chi connectivity index (χ0n) is 30.4. The molecule has 0 fully saturated rings. The Labute approximate surface area is 328 Å². The quantitative estimate of drug-likeness (QED) is 0.204. The van der Waals surface area contributed by atoms with Crippen LogP contribution < -0.4 is 46.1 Å². The minimum absolute atomic E-state index is 0.0903. The van der Waals surface area contributed by atoms with Crippen LogP contribution in [0, 0.1) is 0 Å². The molecule has 0 aliphatic heterocycles. The van der Waals surface area contributed by atoms with E-state index in [1.807, 2.05) is 0 Å². The van der Waals surface area contributed by atoms with E-state index in [0.717, 1.165) is 0 Å². The smallest absolute Gasteiger partial charge is 0.308 e. The second-order valence-electron chi connectivity index (χ2n) is 10.2. The van der Waals surface area contributed by atoms with E-state index in [9.17, 15) is 33.6 Å². The molecule has 0 saturated heterocycles. The Morgan fingerprint density at radius 2 is 0.821 bits per heavy atom. The predicted octanol–water partition coefficient (Wildman–Crippen LogP) is 4.98. The number of esters is 2. The van der Waals surface area contributed by atoms with Crippen LogP contribution in [-0.2, 0) is 9.59 Å². The van der Waals surface area contributed by atoms with Crippen molar-refractivity contribution in [2.24, 2.45) is 0 Å². The third-order valence-electron chi connectivity index (χ3n) is 6.07. The molecule has 0 spiro atoms. The fourth-order valence-electron chi connectivity index (χ4n) is 3.52. The molecule has 5 aromatic carbocycles. The summed E-state index contributed by atoms with van der Waals surface area (Å²) in [5, 5.41) is 26.4. The van der Waals surface area contributed by atoms with Crippen molar-refractivity contribution in [1.82, 2.24) is 0 Å². The van der Waals surface area contributed by atoms with Crippen molar-refractivity contribution in [3.05, 3.63) is 189 Å². The standard InChI is InChI=1S/C11H10O5.C8H7BrO2.C8H8O2.C7H6O3.C7H6O2/c1-7(12)15-9-5-3-4-6-10(11(9)14)16-8(2)13;1-11-7-5-3-2-4-6(9)8(7)10;1-10-8-6-4-2-3-5-7(8)9;8-5-3-1-2-4-6(9)7(5)10;8-6-4-2-1-3-5-7(6)9/h3-6H,1-2H3;2-5H,1H3;2-6H,1H3;1-4H,(H2,8,9,10);1-5H,(H,8,9). The maximum Gasteiger partial charge on any atom is 0.308 e. The van der Waals surface area contributed by atoms with Gasteiger partial charge in [-0.1, -0.05) is 72.8 Å². The van der Waals surface area contributed by atoms with Crippen LogP contribution in [0.5, 0.6) is 40.2 Å². The first-order valence-electron chi connectivity index (χ1n) is 15.9. The molecule has 5 aromatic rings. The molecule has 0 bridgehead atoms. The average molecular weight is 834 g/mol. The number of methoxy groups -OCH3 is 2. The molecule has 0 atom stereocenters. The Morgan fingerprint density at radius 3 is 1.36 bits per heavy atom. The molecule has 0 amide bonds. The van der Waals surface area contributed by atoms with Gasteiger partial charge in [-0.3, -0.25) is 33.6 Å². The number of ether oxygens (including phenoxy) is 4. The lowest BCUT2D eigenvalue weighted by atomic mass is 10.4. The van der Waals surface area contributed by atoms with Gasteiger partial charge in [-0.05, 0) is 76.6 Å². The Kier molecular flexibility index (Phi) is 21.6. The van der Waals surface area contributed by atoms with Gasteiger partial charge in [-0.25, -0.2) is 0 Å². The van der Waals surface area contributed by atoms with Crippen LogP contribution in [0.2, 0.25) is 0 Å². The number of carbonyl (C=O) groups excluding carboxylic acids is 2. The number of rotatable bonds is 4. The first kappa shape index (κ1) is 46.9. The van der Waals surface area contributed by atoms with E-state index in [4.69, 9.17) is 24.8 Å². The molecule has 0 aliphatic carbocycles. The lowest BCUT2D eigenvalue weighted by Crippen LogP contribution is -2.14. The molecule has 0 aliphatic rings. The van der Waals surface area contributed by atoms with Crippen LogP contribution in [0.15, 0.2) is 162 Å². The van der Waals surface area contributed by atoms with Gasteiger partial charge in [-0.15, -0.1) is 0 Å². The van der Waals surface area contributed by atoms with E-state index >= 15 is 0 Å². The molecule has 0 aromatic heterocycles. The minimum Gasteiger partial charge on any atom is -0.504 e. The number of hydrogen-bond donors (Lipinski definition) is 3. The Hall–Kier alpha value is -7.13. The number of aromatic hydroxyl groups is 3. The highest BCUT2D eigenvalue weighted by molar-refractivity contribution is 9.10. The summed E-state index contributed by atoms with van der Waals surface area (Å²) in [6.45, 7) is 2.36. The molecule has 56 heavy (non-hydrogen) atoms. The van der Waals surface area contributed by atoms with E-state index < -0.39 is 34.3 Å². The molecular weight excluding hydrogens is 796 g/mol. The summed E-state index contributed by atoms with van der Waals surface area (Å²) in [5.41, 5.74) is -1.79. The second-order valence-corrected chi connectivity index (χ2v) is 11.1. The van der Waals surface area contributed by atoms with Gasteiger partial charge < -0.3 is 34.3 Å². The van der Waals surface area contributed by atoms with Crippen molar-refractivity contribution in [2.45, 2.75) is 13.8 Å². The maximum atomic E-state index is 11.7. The number of hydrogen-bond acceptors (Lipinski definition) is 14. The summed E-state index contributed by atoms with van der Waals surface area (Å²) < 4.78 is 19.5. The van der Waals surface area contributed by atoms with Gasteiger partial charge >= 0.3 is 11.9 Å². The zero-order valence-corrected chi connectivity index (χ0v) is 32.0. The molecule has 5 rings (SSSR count). The van der Waals surface area contributed by atoms with Gasteiger partial charge in [0.2, 0.25) is 27.5 Å². The Morgan fingerprint density at radius 1 is 0.446 bits per heavy atom. The van der Waals surface area contributed by atoms with Crippen LogP contribution in [-0.4, -0.2) is 41.5 Å². The van der Waals surface area contributed by atoms with E-state index in [0.29, 0.717) is 16.0 Å². The third-order valence-corrected chi connectivity index (χ3v) is 6.69. The van der Waals surface area contributed by atoms with Gasteiger partial charge in [-0.2, -0.15) is 0 Å². The third kappa shape index (κ3) is 18.1. The molecule has 0 heterocycles. The van der Waals surface area contributed by atoms with Gasteiger partial charge in [0.1, 0.15) is 0 Å². The largest absolute Gasteiger partial charge is 0.504 e. The minimum atomic E-state index is -0.643. The molecule has 0 unspecified atom stereocenters. The van der Waals surface area contributed by atoms with Crippen molar-refractivity contribution >= 4 is 27.9 Å². The van der Waals surface area contributed by atoms with Gasteiger partial charge in [0.05, 0.1) is 18.7 Å². The van der Waals surface area contributed by atoms with Gasteiger partial charge in [0.15, 0.2) is 34.5 Å². The van der Waals surface area contributed by atoms with Crippen molar-refractivity contribution in [3.8, 4) is 40.2 Å². The highest BCUT2D eigenvalue weighted by atomic mass is 79.9. The fourth-order valence-corrected chi connectivity index (χ4v) is 3.87. The van der Waals surface area contributed by atoms with Crippen LogP contribution in [0.1, 0.15) is 13.8 Å². The zero-order chi connectivity index (χ0) is 42.0. The lowest BCUT2D eigenvalue weighted by molar-refractivity contribution is -0.132. The maximum absolute atomic E-state index is 11.7. The van der Waals surface area contributed by atoms with Crippen molar-refractivity contribution in [3.63, 3.8) is 0 Å². The van der Waals surface area contributed by atoms with E-state index in [1.54, 1.807) is 66.7 Å². The Bertz CT molecular complexity index is 2330. The molecular formula is C41H37BrO14. The van der Waals surface area contributed by atoms with Crippen molar-refractivity contribution < 1.29 is 43.9 Å².